The molecule has 2 nitrogen and oxygen atoms in total. The van der Waals surface area contributed by atoms with Gasteiger partial charge in [-0.1, -0.05) is 6.07 Å². The van der Waals surface area contributed by atoms with Gasteiger partial charge in [0.2, 0.25) is 0 Å². The zero-order chi connectivity index (χ0) is 13.1. The van der Waals surface area contributed by atoms with Crippen molar-refractivity contribution in [1.29, 1.82) is 0 Å². The zero-order valence-corrected chi connectivity index (χ0v) is 12.0. The zero-order valence-electron chi connectivity index (χ0n) is 11.2. The molecular weight excluding hydrogens is 240 g/mol. The highest BCUT2D eigenvalue weighted by Gasteiger charge is 2.07. The molecule has 1 aromatic heterocycles. The summed E-state index contributed by atoms with van der Waals surface area (Å²) in [6.07, 6.45) is 1.03. The van der Waals surface area contributed by atoms with E-state index in [9.17, 15) is 0 Å². The van der Waals surface area contributed by atoms with Gasteiger partial charge in [0, 0.05) is 22.2 Å². The number of thiophene rings is 1. The largest absolute Gasteiger partial charge is 0.397 e. The molecule has 1 heterocycles. The van der Waals surface area contributed by atoms with Crippen molar-refractivity contribution in [3.8, 4) is 0 Å². The first-order chi connectivity index (χ1) is 8.54. The Morgan fingerprint density at radius 3 is 2.67 bits per heavy atom. The Bertz CT molecular complexity index is 531. The van der Waals surface area contributed by atoms with Gasteiger partial charge < -0.3 is 11.1 Å². The number of benzene rings is 1. The van der Waals surface area contributed by atoms with Crippen LogP contribution < -0.4 is 11.1 Å². The standard InChI is InChI=1S/C15H20N2S/c1-10-4-7-14(16)15(8-10)17-11(2)9-13-6-5-12(3)18-13/h4-8,11,17H,9,16H2,1-3H3. The van der Waals surface area contributed by atoms with Gasteiger partial charge in [-0.05, 0) is 50.6 Å². The maximum absolute atomic E-state index is 5.98. The van der Waals surface area contributed by atoms with Gasteiger partial charge in [0.05, 0.1) is 11.4 Å². The molecule has 0 fully saturated rings. The number of nitrogens with two attached hydrogens (primary N) is 1. The molecule has 1 aromatic carbocycles. The number of nitrogen functional groups attached to an aromatic ring is 1. The van der Waals surface area contributed by atoms with Gasteiger partial charge in [-0.15, -0.1) is 11.3 Å². The summed E-state index contributed by atoms with van der Waals surface area (Å²) in [5, 5.41) is 3.49. The van der Waals surface area contributed by atoms with Crippen LogP contribution in [0, 0.1) is 13.8 Å². The minimum atomic E-state index is 0.382. The van der Waals surface area contributed by atoms with Crippen molar-refractivity contribution in [2.24, 2.45) is 0 Å². The molecule has 1 atom stereocenters. The monoisotopic (exact) mass is 260 g/mol. The highest BCUT2D eigenvalue weighted by atomic mass is 32.1. The van der Waals surface area contributed by atoms with Crippen LogP contribution in [0.3, 0.4) is 0 Å². The lowest BCUT2D eigenvalue weighted by molar-refractivity contribution is 0.801. The van der Waals surface area contributed by atoms with Crippen LogP contribution in [-0.4, -0.2) is 6.04 Å². The van der Waals surface area contributed by atoms with E-state index in [-0.39, 0.29) is 0 Å². The Hall–Kier alpha value is -1.48. The molecular formula is C15H20N2S. The van der Waals surface area contributed by atoms with E-state index in [4.69, 9.17) is 5.73 Å². The van der Waals surface area contributed by atoms with Crippen LogP contribution in [0.4, 0.5) is 11.4 Å². The molecule has 0 spiro atoms. The normalized spacial score (nSPS) is 12.4. The summed E-state index contributed by atoms with van der Waals surface area (Å²) < 4.78 is 0. The van der Waals surface area contributed by atoms with Crippen molar-refractivity contribution >= 4 is 22.7 Å². The first kappa shape index (κ1) is 13.0. The molecule has 3 N–H and O–H groups in total. The fourth-order valence-electron chi connectivity index (χ4n) is 2.01. The summed E-state index contributed by atoms with van der Waals surface area (Å²) in [5.74, 6) is 0. The van der Waals surface area contributed by atoms with Gasteiger partial charge in [-0.2, -0.15) is 0 Å². The topological polar surface area (TPSA) is 38.0 Å². The molecule has 0 amide bonds. The summed E-state index contributed by atoms with van der Waals surface area (Å²) >= 11 is 1.86. The number of hydrogen-bond acceptors (Lipinski definition) is 3. The Kier molecular flexibility index (Phi) is 3.92. The number of aryl methyl sites for hydroxylation is 2. The lowest BCUT2D eigenvalue weighted by atomic mass is 10.1. The third kappa shape index (κ3) is 3.26. The summed E-state index contributed by atoms with van der Waals surface area (Å²) in [6, 6.07) is 10.9. The Labute approximate surface area is 113 Å². The number of rotatable bonds is 4. The summed E-state index contributed by atoms with van der Waals surface area (Å²) in [4.78, 5) is 2.78. The van der Waals surface area contributed by atoms with E-state index >= 15 is 0 Å². The molecule has 0 aliphatic carbocycles. The van der Waals surface area contributed by atoms with Crippen LogP contribution in [0.2, 0.25) is 0 Å². The summed E-state index contributed by atoms with van der Waals surface area (Å²) in [7, 11) is 0. The van der Waals surface area contributed by atoms with Crippen molar-refractivity contribution in [3.63, 3.8) is 0 Å². The van der Waals surface area contributed by atoms with E-state index in [0.717, 1.165) is 17.8 Å². The third-order valence-corrected chi connectivity index (χ3v) is 3.94. The predicted octanol–water partition coefficient (Wildman–Crippen LogP) is 3.99. The first-order valence-corrected chi connectivity index (χ1v) is 7.04. The second-order valence-corrected chi connectivity index (χ2v) is 6.23. The van der Waals surface area contributed by atoms with Crippen molar-refractivity contribution in [1.82, 2.24) is 0 Å². The maximum Gasteiger partial charge on any atom is 0.0578 e. The molecule has 0 bridgehead atoms. The first-order valence-electron chi connectivity index (χ1n) is 6.22. The molecule has 0 aliphatic rings. The minimum Gasteiger partial charge on any atom is -0.397 e. The van der Waals surface area contributed by atoms with Gasteiger partial charge in [-0.3, -0.25) is 0 Å². The van der Waals surface area contributed by atoms with Crippen LogP contribution in [0.5, 0.6) is 0 Å². The number of nitrogens with one attached hydrogen (secondary N) is 1. The molecule has 18 heavy (non-hydrogen) atoms. The van der Waals surface area contributed by atoms with E-state index in [1.54, 1.807) is 0 Å². The van der Waals surface area contributed by atoms with Gasteiger partial charge >= 0.3 is 0 Å². The Morgan fingerprint density at radius 2 is 2.00 bits per heavy atom. The average Bonchev–Trinajstić information content (AvgIpc) is 2.69. The molecule has 0 saturated carbocycles. The quantitative estimate of drug-likeness (QED) is 0.816. The fourth-order valence-corrected chi connectivity index (χ4v) is 3.03. The molecule has 0 aliphatic heterocycles. The molecule has 0 saturated heterocycles. The second-order valence-electron chi connectivity index (χ2n) is 4.85. The number of hydrogen-bond donors (Lipinski definition) is 2. The van der Waals surface area contributed by atoms with Crippen LogP contribution in [0.1, 0.15) is 22.2 Å². The van der Waals surface area contributed by atoms with Crippen molar-refractivity contribution in [3.05, 3.63) is 45.6 Å². The second kappa shape index (κ2) is 5.44. The van der Waals surface area contributed by atoms with E-state index < -0.39 is 0 Å². The average molecular weight is 260 g/mol. The van der Waals surface area contributed by atoms with Gasteiger partial charge in [0.15, 0.2) is 0 Å². The van der Waals surface area contributed by atoms with E-state index in [1.807, 2.05) is 23.5 Å². The van der Waals surface area contributed by atoms with E-state index in [1.165, 1.54) is 15.3 Å². The van der Waals surface area contributed by atoms with Crippen LogP contribution in [0.15, 0.2) is 30.3 Å². The SMILES string of the molecule is Cc1ccc(N)c(NC(C)Cc2ccc(C)s2)c1. The lowest BCUT2D eigenvalue weighted by Gasteiger charge is -2.16. The smallest absolute Gasteiger partial charge is 0.0578 e. The predicted molar refractivity (Wildman–Crippen MR) is 81.4 cm³/mol. The van der Waals surface area contributed by atoms with Crippen LogP contribution in [0.25, 0.3) is 0 Å². The molecule has 2 aromatic rings. The van der Waals surface area contributed by atoms with E-state index in [2.05, 4.69) is 44.3 Å². The molecule has 0 radical (unpaired) electrons. The summed E-state index contributed by atoms with van der Waals surface area (Å²) in [6.45, 7) is 6.42. The highest BCUT2D eigenvalue weighted by molar-refractivity contribution is 7.11. The molecule has 96 valence electrons. The lowest BCUT2D eigenvalue weighted by Crippen LogP contribution is -2.18. The maximum atomic E-state index is 5.98. The van der Waals surface area contributed by atoms with Gasteiger partial charge in [0.25, 0.3) is 0 Å². The third-order valence-electron chi connectivity index (χ3n) is 2.91. The van der Waals surface area contributed by atoms with Crippen LogP contribution >= 0.6 is 11.3 Å². The van der Waals surface area contributed by atoms with Gasteiger partial charge in [0.1, 0.15) is 0 Å². The van der Waals surface area contributed by atoms with Crippen molar-refractivity contribution < 1.29 is 0 Å². The molecule has 1 unspecified atom stereocenters. The Morgan fingerprint density at radius 1 is 1.22 bits per heavy atom. The van der Waals surface area contributed by atoms with Crippen molar-refractivity contribution in [2.45, 2.75) is 33.2 Å². The van der Waals surface area contributed by atoms with Crippen molar-refractivity contribution in [2.75, 3.05) is 11.1 Å². The Balaban J connectivity index is 2.02. The summed E-state index contributed by atoms with van der Waals surface area (Å²) in [5.41, 5.74) is 9.06. The highest BCUT2D eigenvalue weighted by Crippen LogP contribution is 2.22. The fraction of sp³-hybridized carbons (Fsp3) is 0.333. The molecule has 3 heteroatoms. The minimum absolute atomic E-state index is 0.382. The van der Waals surface area contributed by atoms with E-state index in [0.29, 0.717) is 6.04 Å². The molecule has 2 rings (SSSR count). The van der Waals surface area contributed by atoms with Crippen LogP contribution in [-0.2, 0) is 6.42 Å². The number of anilines is 2. The van der Waals surface area contributed by atoms with Gasteiger partial charge in [-0.25, -0.2) is 0 Å².